The Morgan fingerprint density at radius 3 is 2.30 bits per heavy atom. The zero-order chi connectivity index (χ0) is 27.9. The average molecular weight is 544 g/mol. The van der Waals surface area contributed by atoms with Gasteiger partial charge in [-0.3, -0.25) is 4.79 Å². The molecule has 0 aliphatic heterocycles. The van der Waals surface area contributed by atoms with Crippen molar-refractivity contribution in [3.05, 3.63) is 71.9 Å². The molecule has 4 saturated carbocycles. The number of rotatable bonds is 9. The van der Waals surface area contributed by atoms with Crippen LogP contribution in [0, 0.1) is 23.7 Å². The van der Waals surface area contributed by atoms with Gasteiger partial charge in [0, 0.05) is 29.9 Å². The highest BCUT2D eigenvalue weighted by atomic mass is 16.6. The van der Waals surface area contributed by atoms with Gasteiger partial charge in [-0.1, -0.05) is 48.5 Å². The summed E-state index contributed by atoms with van der Waals surface area (Å²) in [5, 5.41) is 16.5. The SMILES string of the molecule is C[C@](Cc1c[nH]c2ccccc12)(NC(=O)OC1C2CC3CC(C2)CC1C3)C(=O)N[C@H](Cc1ccccc1)C(=O)O. The number of carbonyl (C=O) groups is 3. The number of fused-ring (bicyclic) bond motifs is 1. The number of hydrogen-bond acceptors (Lipinski definition) is 4. The minimum absolute atomic E-state index is 0.127. The van der Waals surface area contributed by atoms with Crippen molar-refractivity contribution in [2.45, 2.75) is 69.6 Å². The molecule has 2 atom stereocenters. The summed E-state index contributed by atoms with van der Waals surface area (Å²) in [5.74, 6) is 0.573. The number of carboxylic acids is 1. The molecular weight excluding hydrogens is 506 g/mol. The van der Waals surface area contributed by atoms with Crippen LogP contribution in [0.5, 0.6) is 0 Å². The van der Waals surface area contributed by atoms with Crippen molar-refractivity contribution in [3.63, 3.8) is 0 Å². The van der Waals surface area contributed by atoms with Crippen LogP contribution in [-0.4, -0.2) is 45.7 Å². The van der Waals surface area contributed by atoms with Crippen LogP contribution in [0.4, 0.5) is 4.79 Å². The second kappa shape index (κ2) is 10.6. The molecule has 4 N–H and O–H groups in total. The van der Waals surface area contributed by atoms with E-state index in [4.69, 9.17) is 4.74 Å². The highest BCUT2D eigenvalue weighted by molar-refractivity contribution is 5.94. The standard InChI is InChI=1S/C32H37N3O5/c1-32(17-24-18-33-26-10-6-5-9-25(24)26,30(38)34-27(29(36)37)16-19-7-3-2-4-8-19)35-31(39)40-28-22-12-20-11-21(14-22)15-23(28)13-20/h2-10,18,20-23,27-28,33H,11-17H2,1H3,(H,34,38)(H,35,39)(H,36,37)/t20?,21?,22?,23?,27-,28?,32-/m1/s1. The normalized spacial score (nSPS) is 27.1. The predicted octanol–water partition coefficient (Wildman–Crippen LogP) is 4.83. The molecule has 1 aromatic heterocycles. The number of carboxylic acid groups (broad SMARTS) is 1. The average Bonchev–Trinajstić information content (AvgIpc) is 3.32. The number of aliphatic carboxylic acids is 1. The predicted molar refractivity (Wildman–Crippen MR) is 151 cm³/mol. The number of nitrogens with one attached hydrogen (secondary N) is 3. The first-order valence-electron chi connectivity index (χ1n) is 14.4. The molecule has 2 aromatic carbocycles. The van der Waals surface area contributed by atoms with Gasteiger partial charge in [-0.2, -0.15) is 0 Å². The van der Waals surface area contributed by atoms with Crippen molar-refractivity contribution < 1.29 is 24.2 Å². The number of benzene rings is 2. The number of ether oxygens (including phenoxy) is 1. The largest absolute Gasteiger partial charge is 0.480 e. The maximum atomic E-state index is 13.8. The number of aromatic amines is 1. The van der Waals surface area contributed by atoms with Crippen LogP contribution in [0.2, 0.25) is 0 Å². The van der Waals surface area contributed by atoms with E-state index in [1.165, 1.54) is 6.42 Å². The van der Waals surface area contributed by atoms with Crippen molar-refractivity contribution in [2.75, 3.05) is 0 Å². The van der Waals surface area contributed by atoms with Gasteiger partial charge >= 0.3 is 12.1 Å². The number of para-hydroxylation sites is 1. The third-order valence-corrected chi connectivity index (χ3v) is 9.37. The van der Waals surface area contributed by atoms with Gasteiger partial charge in [0.05, 0.1) is 0 Å². The van der Waals surface area contributed by atoms with Crippen molar-refractivity contribution in [3.8, 4) is 0 Å². The van der Waals surface area contributed by atoms with Gasteiger partial charge in [-0.15, -0.1) is 0 Å². The summed E-state index contributed by atoms with van der Waals surface area (Å²) < 4.78 is 6.07. The van der Waals surface area contributed by atoms with Crippen LogP contribution in [0.3, 0.4) is 0 Å². The van der Waals surface area contributed by atoms with Gasteiger partial charge in [0.2, 0.25) is 5.91 Å². The van der Waals surface area contributed by atoms with Crippen molar-refractivity contribution >= 4 is 28.9 Å². The van der Waals surface area contributed by atoms with Crippen LogP contribution in [0.25, 0.3) is 10.9 Å². The lowest BCUT2D eigenvalue weighted by Crippen LogP contribution is -2.62. The third kappa shape index (κ3) is 5.31. The summed E-state index contributed by atoms with van der Waals surface area (Å²) >= 11 is 0. The lowest BCUT2D eigenvalue weighted by atomic mass is 9.55. The molecule has 1 heterocycles. The molecule has 4 bridgehead atoms. The van der Waals surface area contributed by atoms with E-state index in [0.717, 1.165) is 59.5 Å². The van der Waals surface area contributed by atoms with E-state index < -0.39 is 29.6 Å². The van der Waals surface area contributed by atoms with E-state index in [1.54, 1.807) is 6.92 Å². The van der Waals surface area contributed by atoms with Gasteiger partial charge < -0.3 is 25.5 Å². The topological polar surface area (TPSA) is 121 Å². The molecule has 7 rings (SSSR count). The monoisotopic (exact) mass is 543 g/mol. The molecule has 40 heavy (non-hydrogen) atoms. The number of carbonyl (C=O) groups excluding carboxylic acids is 2. The number of hydrogen-bond donors (Lipinski definition) is 4. The zero-order valence-electron chi connectivity index (χ0n) is 22.8. The molecule has 0 radical (unpaired) electrons. The van der Waals surface area contributed by atoms with Crippen molar-refractivity contribution in [1.82, 2.24) is 15.6 Å². The summed E-state index contributed by atoms with van der Waals surface area (Å²) in [6.07, 6.45) is 7.12. The molecular formula is C32H37N3O5. The van der Waals surface area contributed by atoms with Crippen LogP contribution in [0.1, 0.15) is 50.2 Å². The van der Waals surface area contributed by atoms with Crippen molar-refractivity contribution in [2.24, 2.45) is 23.7 Å². The number of amides is 2. The van der Waals surface area contributed by atoms with E-state index >= 15 is 0 Å². The molecule has 0 saturated heterocycles. The molecule has 8 nitrogen and oxygen atoms in total. The summed E-state index contributed by atoms with van der Waals surface area (Å²) in [6, 6.07) is 15.8. The van der Waals surface area contributed by atoms with E-state index in [2.05, 4.69) is 15.6 Å². The second-order valence-corrected chi connectivity index (χ2v) is 12.3. The maximum absolute atomic E-state index is 13.8. The van der Waals surface area contributed by atoms with Crippen LogP contribution < -0.4 is 10.6 Å². The first-order valence-corrected chi connectivity index (χ1v) is 14.4. The van der Waals surface area contributed by atoms with E-state index in [0.29, 0.717) is 11.8 Å². The van der Waals surface area contributed by atoms with Gasteiger partial charge in [0.25, 0.3) is 0 Å². The Morgan fingerprint density at radius 2 is 1.62 bits per heavy atom. The first kappa shape index (κ1) is 26.4. The third-order valence-electron chi connectivity index (χ3n) is 9.37. The summed E-state index contributed by atoms with van der Waals surface area (Å²) in [4.78, 5) is 42.6. The zero-order valence-corrected chi connectivity index (χ0v) is 22.8. The minimum atomic E-state index is -1.45. The smallest absolute Gasteiger partial charge is 0.408 e. The van der Waals surface area contributed by atoms with Crippen molar-refractivity contribution in [1.29, 1.82) is 0 Å². The molecule has 210 valence electrons. The quantitative estimate of drug-likeness (QED) is 0.308. The lowest BCUT2D eigenvalue weighted by molar-refractivity contribution is -0.142. The maximum Gasteiger partial charge on any atom is 0.408 e. The molecule has 4 fully saturated rings. The van der Waals surface area contributed by atoms with E-state index in [-0.39, 0.29) is 18.9 Å². The lowest BCUT2D eigenvalue weighted by Gasteiger charge is -2.53. The van der Waals surface area contributed by atoms with Gasteiger partial charge in [-0.25, -0.2) is 9.59 Å². The van der Waals surface area contributed by atoms with Gasteiger partial charge in [0.15, 0.2) is 0 Å². The Kier molecular flexibility index (Phi) is 7.02. The van der Waals surface area contributed by atoms with E-state index in [9.17, 15) is 19.5 Å². The Hall–Kier alpha value is -3.81. The molecule has 4 aliphatic rings. The molecule has 4 aliphatic carbocycles. The first-order chi connectivity index (χ1) is 19.3. The highest BCUT2D eigenvalue weighted by Crippen LogP contribution is 2.54. The fourth-order valence-corrected chi connectivity index (χ4v) is 7.65. The minimum Gasteiger partial charge on any atom is -0.480 e. The van der Waals surface area contributed by atoms with Crippen LogP contribution >= 0.6 is 0 Å². The molecule has 8 heteroatoms. The number of alkyl carbamates (subject to hydrolysis) is 1. The molecule has 3 aromatic rings. The molecule has 0 spiro atoms. The Labute approximate surface area is 233 Å². The molecule has 0 unspecified atom stereocenters. The Morgan fingerprint density at radius 1 is 0.975 bits per heavy atom. The summed E-state index contributed by atoms with van der Waals surface area (Å²) in [7, 11) is 0. The van der Waals surface area contributed by atoms with Gasteiger partial charge in [-0.05, 0) is 79.9 Å². The second-order valence-electron chi connectivity index (χ2n) is 12.3. The Bertz CT molecular complexity index is 1370. The van der Waals surface area contributed by atoms with Crippen LogP contribution in [0.15, 0.2) is 60.8 Å². The number of aromatic nitrogens is 1. The fourth-order valence-electron chi connectivity index (χ4n) is 7.65. The van der Waals surface area contributed by atoms with Crippen LogP contribution in [-0.2, 0) is 27.2 Å². The fraction of sp³-hybridized carbons (Fsp3) is 0.469. The van der Waals surface area contributed by atoms with Gasteiger partial charge in [0.1, 0.15) is 17.7 Å². The Balaban J connectivity index is 1.22. The molecule has 2 amide bonds. The van der Waals surface area contributed by atoms with E-state index in [1.807, 2.05) is 60.8 Å². The summed E-state index contributed by atoms with van der Waals surface area (Å²) in [5.41, 5.74) is 1.11. The summed E-state index contributed by atoms with van der Waals surface area (Å²) in [6.45, 7) is 1.64. The highest BCUT2D eigenvalue weighted by Gasteiger charge is 2.50. The number of H-pyrrole nitrogens is 1.